The van der Waals surface area contributed by atoms with E-state index in [1.165, 1.54) is 11.3 Å². The first-order chi connectivity index (χ1) is 20.9. The summed E-state index contributed by atoms with van der Waals surface area (Å²) in [6.07, 6.45) is -1.31. The van der Waals surface area contributed by atoms with E-state index in [0.29, 0.717) is 5.01 Å². The summed E-state index contributed by atoms with van der Waals surface area (Å²) in [6.45, 7) is 14.1. The van der Waals surface area contributed by atoms with Gasteiger partial charge < -0.3 is 19.2 Å². The number of thiazole rings is 1. The van der Waals surface area contributed by atoms with Crippen LogP contribution in [0, 0.1) is 0 Å². The minimum absolute atomic E-state index is 0.181. The van der Waals surface area contributed by atoms with E-state index < -0.39 is 38.1 Å². The van der Waals surface area contributed by atoms with Crippen molar-refractivity contribution in [2.45, 2.75) is 71.3 Å². The zero-order chi connectivity index (χ0) is 32.0. The third kappa shape index (κ3) is 7.64. The van der Waals surface area contributed by atoms with Gasteiger partial charge in [0.05, 0.1) is 12.7 Å². The highest BCUT2D eigenvalue weighted by molar-refractivity contribution is 7.10. The van der Waals surface area contributed by atoms with E-state index >= 15 is 0 Å². The number of amides is 1. The number of hydrogen-bond acceptors (Lipinski definition) is 7. The molecular formula is C35H42N2O5SSi. The molecule has 4 rings (SSSR count). The summed E-state index contributed by atoms with van der Waals surface area (Å²) in [7, 11) is -3.12. The number of nitrogens with zero attached hydrogens (tertiary/aromatic N) is 1. The second-order valence-corrected chi connectivity index (χ2v) is 17.7. The SMILES string of the molecule is CCOC(=O)c1csc([C@H](NC(=O)OC(C)(C)C)[C@@H](O[Si](c2ccccc2)(c2ccccc2)C(C)(C)C)c2ccccc2)n1. The van der Waals surface area contributed by atoms with Crippen LogP contribution in [0.1, 0.15) is 81.7 Å². The second-order valence-electron chi connectivity index (χ2n) is 12.5. The molecule has 0 saturated carbocycles. The largest absolute Gasteiger partial charge is 0.461 e. The van der Waals surface area contributed by atoms with Crippen molar-refractivity contribution in [1.29, 1.82) is 0 Å². The van der Waals surface area contributed by atoms with Crippen molar-refractivity contribution in [1.82, 2.24) is 10.3 Å². The van der Waals surface area contributed by atoms with Gasteiger partial charge in [-0.1, -0.05) is 112 Å². The number of esters is 1. The Labute approximate surface area is 265 Å². The molecule has 2 atom stereocenters. The zero-order valence-electron chi connectivity index (χ0n) is 26.5. The molecule has 7 nitrogen and oxygen atoms in total. The summed E-state index contributed by atoms with van der Waals surface area (Å²) in [6, 6.07) is 29.7. The number of nitrogens with one attached hydrogen (secondary N) is 1. The highest BCUT2D eigenvalue weighted by Crippen LogP contribution is 2.44. The number of ether oxygens (including phenoxy) is 2. The molecule has 0 radical (unpaired) electrons. The number of benzene rings is 3. The van der Waals surface area contributed by atoms with Crippen molar-refractivity contribution in [3.63, 3.8) is 0 Å². The Bertz CT molecular complexity index is 1480. The summed E-state index contributed by atoms with van der Waals surface area (Å²) in [5.74, 6) is -0.518. The average molecular weight is 631 g/mol. The molecule has 0 aliphatic rings. The molecule has 0 aliphatic heterocycles. The summed E-state index contributed by atoms with van der Waals surface area (Å²) in [5, 5.41) is 7.10. The fourth-order valence-electron chi connectivity index (χ4n) is 5.28. The van der Waals surface area contributed by atoms with Crippen LogP contribution in [0.25, 0.3) is 0 Å². The maximum atomic E-state index is 13.4. The van der Waals surface area contributed by atoms with Crippen LogP contribution in [-0.4, -0.2) is 37.6 Å². The molecule has 9 heteroatoms. The number of aromatic nitrogens is 1. The molecule has 0 aliphatic carbocycles. The Kier molecular flexibility index (Phi) is 10.4. The third-order valence-electron chi connectivity index (χ3n) is 7.10. The Morgan fingerprint density at radius 3 is 1.84 bits per heavy atom. The van der Waals surface area contributed by atoms with Crippen LogP contribution < -0.4 is 15.7 Å². The molecule has 1 amide bonds. The Morgan fingerprint density at radius 2 is 1.36 bits per heavy atom. The summed E-state index contributed by atoms with van der Waals surface area (Å²) in [4.78, 5) is 30.7. The number of carbonyl (C=O) groups is 2. The molecule has 0 fully saturated rings. The van der Waals surface area contributed by atoms with Gasteiger partial charge in [0.1, 0.15) is 16.7 Å². The van der Waals surface area contributed by atoms with Crippen LogP contribution in [0.15, 0.2) is 96.4 Å². The highest BCUT2D eigenvalue weighted by atomic mass is 32.1. The van der Waals surface area contributed by atoms with Gasteiger partial charge in [-0.05, 0) is 48.7 Å². The highest BCUT2D eigenvalue weighted by Gasteiger charge is 2.53. The first-order valence-electron chi connectivity index (χ1n) is 14.8. The molecular weight excluding hydrogens is 589 g/mol. The van der Waals surface area contributed by atoms with Crippen molar-refractivity contribution in [2.75, 3.05) is 6.61 Å². The average Bonchev–Trinajstić information content (AvgIpc) is 3.47. The fourth-order valence-corrected chi connectivity index (χ4v) is 10.8. The number of carbonyl (C=O) groups excluding carboxylic acids is 2. The van der Waals surface area contributed by atoms with Crippen molar-refractivity contribution >= 4 is 42.1 Å². The van der Waals surface area contributed by atoms with Gasteiger partial charge in [-0.15, -0.1) is 11.3 Å². The minimum atomic E-state index is -3.12. The number of alkyl carbamates (subject to hydrolysis) is 1. The van der Waals surface area contributed by atoms with Crippen LogP contribution >= 0.6 is 11.3 Å². The predicted octanol–water partition coefficient (Wildman–Crippen LogP) is 7.20. The van der Waals surface area contributed by atoms with Gasteiger partial charge in [0.25, 0.3) is 8.32 Å². The summed E-state index contributed by atoms with van der Waals surface area (Å²) in [5.41, 5.74) is 0.309. The van der Waals surface area contributed by atoms with Crippen molar-refractivity contribution < 1.29 is 23.5 Å². The lowest BCUT2D eigenvalue weighted by molar-refractivity contribution is 0.0434. The van der Waals surface area contributed by atoms with Gasteiger partial charge in [0, 0.05) is 5.38 Å². The molecule has 0 unspecified atom stereocenters. The third-order valence-corrected chi connectivity index (χ3v) is 13.0. The summed E-state index contributed by atoms with van der Waals surface area (Å²) < 4.78 is 18.6. The van der Waals surface area contributed by atoms with Crippen molar-refractivity contribution in [2.24, 2.45) is 0 Å². The smallest absolute Gasteiger partial charge is 0.408 e. The molecule has 0 spiro atoms. The van der Waals surface area contributed by atoms with Crippen LogP contribution in [0.5, 0.6) is 0 Å². The Hall–Kier alpha value is -3.79. The Morgan fingerprint density at radius 1 is 0.841 bits per heavy atom. The van der Waals surface area contributed by atoms with Crippen LogP contribution in [0.2, 0.25) is 5.04 Å². The molecule has 1 aromatic heterocycles. The lowest BCUT2D eigenvalue weighted by Crippen LogP contribution is -2.67. The summed E-state index contributed by atoms with van der Waals surface area (Å²) >= 11 is 1.27. The van der Waals surface area contributed by atoms with E-state index in [-0.39, 0.29) is 17.3 Å². The van der Waals surface area contributed by atoms with Crippen LogP contribution in [-0.2, 0) is 13.9 Å². The molecule has 1 heterocycles. The van der Waals surface area contributed by atoms with Crippen molar-refractivity contribution in [3.05, 3.63) is 113 Å². The van der Waals surface area contributed by atoms with E-state index in [1.807, 2.05) is 87.5 Å². The molecule has 0 saturated heterocycles. The van der Waals surface area contributed by atoms with Gasteiger partial charge in [0.2, 0.25) is 0 Å². The van der Waals surface area contributed by atoms with Crippen LogP contribution in [0.3, 0.4) is 0 Å². The van der Waals surface area contributed by atoms with Crippen LogP contribution in [0.4, 0.5) is 4.79 Å². The first kappa shape index (κ1) is 33.1. The standard InChI is InChI=1S/C35H42N2O5SSi/c1-8-40-32(38)28-24-43-31(36-28)29(37-33(39)41-34(2,3)4)30(25-18-12-9-13-19-25)42-44(35(5,6)7,26-20-14-10-15-21-26)27-22-16-11-17-23-27/h9-24,29-30H,8H2,1-7H3,(H,37,39)/t29-,30+/m1/s1. The quantitative estimate of drug-likeness (QED) is 0.147. The Balaban J connectivity index is 1.96. The van der Waals surface area contributed by atoms with E-state index in [9.17, 15) is 9.59 Å². The normalized spacial score (nSPS) is 13.5. The van der Waals surface area contributed by atoms with E-state index in [1.54, 1.807) is 12.3 Å². The zero-order valence-corrected chi connectivity index (χ0v) is 28.3. The molecule has 4 aromatic rings. The van der Waals surface area contributed by atoms with Gasteiger partial charge >= 0.3 is 12.1 Å². The first-order valence-corrected chi connectivity index (χ1v) is 17.6. The number of rotatable bonds is 10. The van der Waals surface area contributed by atoms with E-state index in [2.05, 4.69) is 55.3 Å². The topological polar surface area (TPSA) is 86.8 Å². The molecule has 232 valence electrons. The van der Waals surface area contributed by atoms with E-state index in [0.717, 1.165) is 15.9 Å². The van der Waals surface area contributed by atoms with Gasteiger partial charge in [-0.3, -0.25) is 0 Å². The lowest BCUT2D eigenvalue weighted by atomic mass is 10.0. The fraction of sp³-hybridized carbons (Fsp3) is 0.343. The maximum Gasteiger partial charge on any atom is 0.408 e. The number of hydrogen-bond donors (Lipinski definition) is 1. The van der Waals surface area contributed by atoms with Crippen molar-refractivity contribution in [3.8, 4) is 0 Å². The van der Waals surface area contributed by atoms with Gasteiger partial charge in [0.15, 0.2) is 5.69 Å². The second kappa shape index (κ2) is 13.9. The van der Waals surface area contributed by atoms with Gasteiger partial charge in [-0.25, -0.2) is 14.6 Å². The molecule has 1 N–H and O–H groups in total. The monoisotopic (exact) mass is 630 g/mol. The molecule has 0 bridgehead atoms. The maximum absolute atomic E-state index is 13.4. The lowest BCUT2D eigenvalue weighted by Gasteiger charge is -2.46. The molecule has 3 aromatic carbocycles. The van der Waals surface area contributed by atoms with Gasteiger partial charge in [-0.2, -0.15) is 0 Å². The molecule has 44 heavy (non-hydrogen) atoms. The minimum Gasteiger partial charge on any atom is -0.461 e. The van der Waals surface area contributed by atoms with E-state index in [4.69, 9.17) is 13.9 Å². The predicted molar refractivity (Wildman–Crippen MR) is 178 cm³/mol.